The first-order valence-electron chi connectivity index (χ1n) is 8.80. The first-order chi connectivity index (χ1) is 13.0. The Balaban J connectivity index is 1.38. The number of rotatable bonds is 3. The summed E-state index contributed by atoms with van der Waals surface area (Å²) in [5.41, 5.74) is 0.514. The number of nitrogens with zero attached hydrogens (tertiary/aromatic N) is 2. The van der Waals surface area contributed by atoms with Crippen molar-refractivity contribution >= 4 is 17.4 Å². The monoisotopic (exact) mass is 375 g/mol. The smallest absolute Gasteiger partial charge is 0.257 e. The van der Waals surface area contributed by atoms with Gasteiger partial charge in [0.1, 0.15) is 5.82 Å². The van der Waals surface area contributed by atoms with Gasteiger partial charge in [-0.2, -0.15) is 0 Å². The molecule has 1 aromatic carbocycles. The number of benzene rings is 1. The zero-order valence-corrected chi connectivity index (χ0v) is 14.6. The number of piperidine rings is 1. The molecule has 0 saturated carbocycles. The van der Waals surface area contributed by atoms with Gasteiger partial charge in [0.15, 0.2) is 17.4 Å². The van der Waals surface area contributed by atoms with E-state index in [4.69, 9.17) is 9.47 Å². The normalized spacial score (nSPS) is 18.7. The maximum absolute atomic E-state index is 13.2. The molecule has 8 heteroatoms. The van der Waals surface area contributed by atoms with Gasteiger partial charge in [-0.25, -0.2) is 13.8 Å². The standard InChI is InChI=1S/C19H19F2N3O3/c20-15-3-2-14(11-16(15)21)23-18(25)13-1-4-17(22-12-13)24-7-5-19(6-8-24)26-9-10-27-19/h1-4,11-12H,5-10H2,(H,23,25). The second-order valence-electron chi connectivity index (χ2n) is 6.58. The topological polar surface area (TPSA) is 63.7 Å². The molecule has 3 heterocycles. The number of ether oxygens (including phenoxy) is 2. The van der Waals surface area contributed by atoms with Crippen molar-refractivity contribution in [3.63, 3.8) is 0 Å². The lowest BCUT2D eigenvalue weighted by atomic mass is 10.0. The summed E-state index contributed by atoms with van der Waals surface area (Å²) in [6, 6.07) is 6.63. The minimum Gasteiger partial charge on any atom is -0.356 e. The summed E-state index contributed by atoms with van der Waals surface area (Å²) in [5.74, 6) is -2.09. The number of aromatic nitrogens is 1. The number of nitrogens with one attached hydrogen (secondary N) is 1. The summed E-state index contributed by atoms with van der Waals surface area (Å²) < 4.78 is 37.6. The predicted octanol–water partition coefficient (Wildman–Crippen LogP) is 2.96. The molecule has 2 aromatic rings. The average molecular weight is 375 g/mol. The van der Waals surface area contributed by atoms with E-state index >= 15 is 0 Å². The lowest BCUT2D eigenvalue weighted by molar-refractivity contribution is -0.169. The summed E-state index contributed by atoms with van der Waals surface area (Å²) >= 11 is 0. The van der Waals surface area contributed by atoms with Gasteiger partial charge in [0.05, 0.1) is 18.8 Å². The summed E-state index contributed by atoms with van der Waals surface area (Å²) in [7, 11) is 0. The maximum Gasteiger partial charge on any atom is 0.257 e. The van der Waals surface area contributed by atoms with E-state index in [1.165, 1.54) is 12.3 Å². The Labute approximate surface area is 155 Å². The van der Waals surface area contributed by atoms with Gasteiger partial charge in [0.25, 0.3) is 5.91 Å². The van der Waals surface area contributed by atoms with Crippen molar-refractivity contribution in [2.75, 3.05) is 36.5 Å². The van der Waals surface area contributed by atoms with Gasteiger partial charge in [0, 0.05) is 43.9 Å². The average Bonchev–Trinajstić information content (AvgIpc) is 3.13. The molecule has 2 aliphatic rings. The Bertz CT molecular complexity index is 829. The fourth-order valence-electron chi connectivity index (χ4n) is 3.35. The molecule has 0 bridgehead atoms. The van der Waals surface area contributed by atoms with E-state index in [2.05, 4.69) is 15.2 Å². The zero-order chi connectivity index (χ0) is 18.9. The van der Waals surface area contributed by atoms with Crippen LogP contribution in [0.15, 0.2) is 36.5 Å². The first kappa shape index (κ1) is 17.8. The van der Waals surface area contributed by atoms with Gasteiger partial charge in [-0.1, -0.05) is 0 Å². The van der Waals surface area contributed by atoms with Crippen LogP contribution in [0.5, 0.6) is 0 Å². The molecule has 2 saturated heterocycles. The van der Waals surface area contributed by atoms with Crippen LogP contribution < -0.4 is 10.2 Å². The van der Waals surface area contributed by atoms with Crippen molar-refractivity contribution < 1.29 is 23.0 Å². The highest BCUT2D eigenvalue weighted by molar-refractivity contribution is 6.04. The second kappa shape index (κ2) is 7.21. The van der Waals surface area contributed by atoms with Gasteiger partial charge >= 0.3 is 0 Å². The van der Waals surface area contributed by atoms with Crippen LogP contribution in [0.1, 0.15) is 23.2 Å². The minimum absolute atomic E-state index is 0.181. The minimum atomic E-state index is -1.01. The molecule has 0 atom stereocenters. The number of halogens is 2. The molecule has 1 spiro atoms. The van der Waals surface area contributed by atoms with Gasteiger partial charge < -0.3 is 19.7 Å². The number of anilines is 2. The maximum atomic E-state index is 13.2. The summed E-state index contributed by atoms with van der Waals surface area (Å²) in [6.45, 7) is 2.79. The lowest BCUT2D eigenvalue weighted by Gasteiger charge is -2.38. The van der Waals surface area contributed by atoms with Crippen molar-refractivity contribution in [3.8, 4) is 0 Å². The Morgan fingerprint density at radius 3 is 2.44 bits per heavy atom. The Morgan fingerprint density at radius 2 is 1.81 bits per heavy atom. The molecule has 4 rings (SSSR count). The Kier molecular flexibility index (Phi) is 4.75. The van der Waals surface area contributed by atoms with E-state index in [1.54, 1.807) is 12.1 Å². The first-order valence-corrected chi connectivity index (χ1v) is 8.80. The van der Waals surface area contributed by atoms with E-state index in [0.29, 0.717) is 18.8 Å². The van der Waals surface area contributed by atoms with E-state index in [-0.39, 0.29) is 5.69 Å². The third-order valence-electron chi connectivity index (χ3n) is 4.85. The molecule has 142 valence electrons. The number of carbonyl (C=O) groups excluding carboxylic acids is 1. The lowest BCUT2D eigenvalue weighted by Crippen LogP contribution is -2.45. The fraction of sp³-hybridized carbons (Fsp3) is 0.368. The van der Waals surface area contributed by atoms with Crippen molar-refractivity contribution in [3.05, 3.63) is 53.7 Å². The van der Waals surface area contributed by atoms with Crippen molar-refractivity contribution in [1.82, 2.24) is 4.98 Å². The van der Waals surface area contributed by atoms with Crippen LogP contribution in [-0.2, 0) is 9.47 Å². The van der Waals surface area contributed by atoms with Crippen LogP contribution in [-0.4, -0.2) is 43.0 Å². The molecule has 27 heavy (non-hydrogen) atoms. The van der Waals surface area contributed by atoms with Gasteiger partial charge in [-0.05, 0) is 24.3 Å². The SMILES string of the molecule is O=C(Nc1ccc(F)c(F)c1)c1ccc(N2CCC3(CC2)OCCO3)nc1. The number of hydrogen-bond acceptors (Lipinski definition) is 5. The molecular weight excluding hydrogens is 356 g/mol. The van der Waals surface area contributed by atoms with Crippen LogP contribution in [0.4, 0.5) is 20.3 Å². The summed E-state index contributed by atoms with van der Waals surface area (Å²) in [6.07, 6.45) is 3.01. The van der Waals surface area contributed by atoms with E-state index in [9.17, 15) is 13.6 Å². The quantitative estimate of drug-likeness (QED) is 0.894. The number of hydrogen-bond donors (Lipinski definition) is 1. The fourth-order valence-corrected chi connectivity index (χ4v) is 3.35. The molecule has 6 nitrogen and oxygen atoms in total. The number of amides is 1. The van der Waals surface area contributed by atoms with Gasteiger partial charge in [-0.3, -0.25) is 4.79 Å². The molecule has 0 aliphatic carbocycles. The molecule has 1 amide bonds. The number of carbonyl (C=O) groups is 1. The van der Waals surface area contributed by atoms with Crippen LogP contribution >= 0.6 is 0 Å². The second-order valence-corrected chi connectivity index (χ2v) is 6.58. The molecular formula is C19H19F2N3O3. The van der Waals surface area contributed by atoms with Gasteiger partial charge in [-0.15, -0.1) is 0 Å². The van der Waals surface area contributed by atoms with Gasteiger partial charge in [0.2, 0.25) is 0 Å². The van der Waals surface area contributed by atoms with Crippen molar-refractivity contribution in [2.24, 2.45) is 0 Å². The third-order valence-corrected chi connectivity index (χ3v) is 4.85. The van der Waals surface area contributed by atoms with Crippen molar-refractivity contribution in [1.29, 1.82) is 0 Å². The molecule has 2 fully saturated rings. The summed E-state index contributed by atoms with van der Waals surface area (Å²) in [4.78, 5) is 18.7. The molecule has 0 unspecified atom stereocenters. The summed E-state index contributed by atoms with van der Waals surface area (Å²) in [5, 5.41) is 2.53. The molecule has 2 aliphatic heterocycles. The molecule has 0 radical (unpaired) electrons. The van der Waals surface area contributed by atoms with E-state index in [1.807, 2.05) is 0 Å². The van der Waals surface area contributed by atoms with Crippen LogP contribution in [0.3, 0.4) is 0 Å². The molecule has 1 aromatic heterocycles. The van der Waals surface area contributed by atoms with E-state index in [0.717, 1.165) is 43.9 Å². The number of pyridine rings is 1. The largest absolute Gasteiger partial charge is 0.356 e. The van der Waals surface area contributed by atoms with Crippen LogP contribution in [0.25, 0.3) is 0 Å². The van der Waals surface area contributed by atoms with Crippen LogP contribution in [0.2, 0.25) is 0 Å². The predicted molar refractivity (Wildman–Crippen MR) is 94.6 cm³/mol. The highest BCUT2D eigenvalue weighted by atomic mass is 19.2. The van der Waals surface area contributed by atoms with Crippen molar-refractivity contribution in [2.45, 2.75) is 18.6 Å². The zero-order valence-electron chi connectivity index (χ0n) is 14.6. The third kappa shape index (κ3) is 3.77. The Morgan fingerprint density at radius 1 is 1.07 bits per heavy atom. The van der Waals surface area contributed by atoms with E-state index < -0.39 is 23.3 Å². The molecule has 1 N–H and O–H groups in total. The highest BCUT2D eigenvalue weighted by Gasteiger charge is 2.40. The highest BCUT2D eigenvalue weighted by Crippen LogP contribution is 2.32. The van der Waals surface area contributed by atoms with Crippen LogP contribution in [0, 0.1) is 11.6 Å². The Hall–Kier alpha value is -2.58.